The molecule has 4 heterocycles. The van der Waals surface area contributed by atoms with Gasteiger partial charge in [0.25, 0.3) is 5.56 Å². The molecule has 27 heavy (non-hydrogen) atoms. The van der Waals surface area contributed by atoms with Crippen LogP contribution in [0.25, 0.3) is 22.6 Å². The number of pyridine rings is 1. The van der Waals surface area contributed by atoms with E-state index in [2.05, 4.69) is 20.2 Å². The summed E-state index contributed by atoms with van der Waals surface area (Å²) < 4.78 is 3.14. The summed E-state index contributed by atoms with van der Waals surface area (Å²) in [6.45, 7) is 3.88. The Labute approximate surface area is 156 Å². The van der Waals surface area contributed by atoms with Crippen LogP contribution in [0, 0.1) is 6.92 Å². The van der Waals surface area contributed by atoms with Crippen molar-refractivity contribution in [1.29, 1.82) is 0 Å². The first kappa shape index (κ1) is 17.0. The minimum Gasteiger partial charge on any atom is -0.378 e. The van der Waals surface area contributed by atoms with Crippen molar-refractivity contribution in [1.82, 2.24) is 29.4 Å². The number of rotatable bonds is 4. The number of aromatic nitrogens is 6. The number of hydrogen-bond acceptors (Lipinski definition) is 5. The third-order valence-electron chi connectivity index (χ3n) is 4.71. The molecule has 0 aliphatic carbocycles. The third-order valence-corrected chi connectivity index (χ3v) is 4.71. The third kappa shape index (κ3) is 2.79. The molecule has 8 heteroatoms. The first-order valence-corrected chi connectivity index (χ1v) is 8.78. The highest BCUT2D eigenvalue weighted by atomic mass is 16.1. The summed E-state index contributed by atoms with van der Waals surface area (Å²) in [6, 6.07) is 3.91. The van der Waals surface area contributed by atoms with Crippen molar-refractivity contribution in [3.05, 3.63) is 58.5 Å². The van der Waals surface area contributed by atoms with E-state index in [0.717, 1.165) is 33.9 Å². The molecule has 8 nitrogen and oxygen atoms in total. The number of anilines is 1. The quantitative estimate of drug-likeness (QED) is 0.601. The van der Waals surface area contributed by atoms with Gasteiger partial charge in [-0.15, -0.1) is 0 Å². The van der Waals surface area contributed by atoms with Gasteiger partial charge in [-0.2, -0.15) is 14.7 Å². The number of aromatic amines is 1. The first-order valence-electron chi connectivity index (χ1n) is 8.78. The van der Waals surface area contributed by atoms with Gasteiger partial charge in [0, 0.05) is 60.6 Å². The monoisotopic (exact) mass is 363 g/mol. The Bertz CT molecular complexity index is 1180. The summed E-state index contributed by atoms with van der Waals surface area (Å²) in [7, 11) is 3.96. The van der Waals surface area contributed by atoms with Crippen LogP contribution in [0.5, 0.6) is 0 Å². The Balaban J connectivity index is 1.80. The molecular formula is C19H21N7O. The Morgan fingerprint density at radius 1 is 1.22 bits per heavy atom. The molecule has 4 rings (SSSR count). The second-order valence-electron chi connectivity index (χ2n) is 6.65. The Morgan fingerprint density at radius 3 is 2.78 bits per heavy atom. The zero-order chi connectivity index (χ0) is 19.1. The van der Waals surface area contributed by atoms with Crippen LogP contribution in [-0.2, 0) is 6.42 Å². The van der Waals surface area contributed by atoms with Crippen molar-refractivity contribution in [2.75, 3.05) is 19.0 Å². The van der Waals surface area contributed by atoms with E-state index >= 15 is 0 Å². The molecule has 0 amide bonds. The molecule has 0 bridgehead atoms. The number of nitrogens with one attached hydrogen (secondary N) is 1. The molecule has 4 aromatic rings. The molecule has 138 valence electrons. The van der Waals surface area contributed by atoms with Crippen molar-refractivity contribution < 1.29 is 0 Å². The smallest absolute Gasteiger partial charge is 0.277 e. The van der Waals surface area contributed by atoms with Crippen LogP contribution < -0.4 is 10.5 Å². The maximum atomic E-state index is 12.6. The average Bonchev–Trinajstić information content (AvgIpc) is 3.29. The molecule has 0 saturated heterocycles. The molecule has 0 aromatic carbocycles. The molecule has 1 N–H and O–H groups in total. The second kappa shape index (κ2) is 6.39. The van der Waals surface area contributed by atoms with E-state index in [-0.39, 0.29) is 5.56 Å². The van der Waals surface area contributed by atoms with Crippen LogP contribution >= 0.6 is 0 Å². The largest absolute Gasteiger partial charge is 0.378 e. The lowest BCUT2D eigenvalue weighted by atomic mass is 10.1. The number of H-pyrrole nitrogens is 1. The highest BCUT2D eigenvalue weighted by Gasteiger charge is 2.15. The van der Waals surface area contributed by atoms with Gasteiger partial charge in [0.15, 0.2) is 5.82 Å². The predicted octanol–water partition coefficient (Wildman–Crippen LogP) is 2.21. The lowest BCUT2D eigenvalue weighted by Crippen LogP contribution is -2.21. The molecule has 0 atom stereocenters. The summed E-state index contributed by atoms with van der Waals surface area (Å²) in [5.74, 6) is 0.724. The predicted molar refractivity (Wildman–Crippen MR) is 105 cm³/mol. The van der Waals surface area contributed by atoms with Gasteiger partial charge in [-0.05, 0) is 19.4 Å². The van der Waals surface area contributed by atoms with Crippen LogP contribution in [0.15, 0.2) is 41.7 Å². The van der Waals surface area contributed by atoms with Gasteiger partial charge in [0.2, 0.25) is 0 Å². The Hall–Kier alpha value is -3.42. The van der Waals surface area contributed by atoms with Gasteiger partial charge in [0.1, 0.15) is 5.65 Å². The number of fused-ring (bicyclic) bond motifs is 1. The average molecular weight is 363 g/mol. The van der Waals surface area contributed by atoms with Gasteiger partial charge in [0.05, 0.1) is 12.4 Å². The fraction of sp³-hybridized carbons (Fsp3) is 0.263. The summed E-state index contributed by atoms with van der Waals surface area (Å²) >= 11 is 0. The SMILES string of the molecule is CCc1c(C)[nH]c2c(-c3cnn(-c4cc(N(C)C)ccn4)c3)cnn2c1=O. The van der Waals surface area contributed by atoms with Gasteiger partial charge in [-0.3, -0.25) is 4.79 Å². The van der Waals surface area contributed by atoms with Gasteiger partial charge in [-0.25, -0.2) is 9.67 Å². The molecule has 0 unspecified atom stereocenters. The second-order valence-corrected chi connectivity index (χ2v) is 6.65. The fourth-order valence-corrected chi connectivity index (χ4v) is 3.19. The van der Waals surface area contributed by atoms with Crippen LogP contribution in [-0.4, -0.2) is 43.5 Å². The van der Waals surface area contributed by atoms with Gasteiger partial charge < -0.3 is 9.88 Å². The molecular weight excluding hydrogens is 342 g/mol. The highest BCUT2D eigenvalue weighted by Crippen LogP contribution is 2.24. The highest BCUT2D eigenvalue weighted by molar-refractivity contribution is 5.76. The molecule has 0 spiro atoms. The maximum absolute atomic E-state index is 12.6. The molecule has 0 aliphatic heterocycles. The van der Waals surface area contributed by atoms with Crippen molar-refractivity contribution in [2.24, 2.45) is 0 Å². The molecule has 0 radical (unpaired) electrons. The zero-order valence-electron chi connectivity index (χ0n) is 15.8. The van der Waals surface area contributed by atoms with E-state index in [0.29, 0.717) is 12.1 Å². The van der Waals surface area contributed by atoms with Gasteiger partial charge in [-0.1, -0.05) is 6.92 Å². The van der Waals surface area contributed by atoms with Crippen molar-refractivity contribution >= 4 is 11.3 Å². The van der Waals surface area contributed by atoms with E-state index < -0.39 is 0 Å². The normalized spacial score (nSPS) is 11.3. The van der Waals surface area contributed by atoms with E-state index in [1.54, 1.807) is 23.3 Å². The van der Waals surface area contributed by atoms with Crippen LogP contribution in [0.1, 0.15) is 18.2 Å². The first-order chi connectivity index (χ1) is 13.0. The van der Waals surface area contributed by atoms with E-state index in [1.165, 1.54) is 4.52 Å². The zero-order valence-corrected chi connectivity index (χ0v) is 15.8. The number of nitrogens with zero attached hydrogens (tertiary/aromatic N) is 6. The molecule has 0 fully saturated rings. The molecule has 4 aromatic heterocycles. The van der Waals surface area contributed by atoms with Crippen LogP contribution in [0.4, 0.5) is 5.69 Å². The summed E-state index contributed by atoms with van der Waals surface area (Å²) in [4.78, 5) is 22.3. The lowest BCUT2D eigenvalue weighted by molar-refractivity contribution is 0.845. The number of aryl methyl sites for hydroxylation is 1. The fourth-order valence-electron chi connectivity index (χ4n) is 3.19. The minimum atomic E-state index is -0.0808. The molecule has 0 saturated carbocycles. The summed E-state index contributed by atoms with van der Waals surface area (Å²) in [5.41, 5.74) is 4.93. The van der Waals surface area contributed by atoms with Crippen molar-refractivity contribution in [2.45, 2.75) is 20.3 Å². The van der Waals surface area contributed by atoms with E-state index in [9.17, 15) is 4.79 Å². The van der Waals surface area contributed by atoms with Crippen molar-refractivity contribution in [3.63, 3.8) is 0 Å². The Kier molecular flexibility index (Phi) is 4.02. The maximum Gasteiger partial charge on any atom is 0.277 e. The summed E-state index contributed by atoms with van der Waals surface area (Å²) in [5, 5.41) is 8.71. The lowest BCUT2D eigenvalue weighted by Gasteiger charge is -2.12. The van der Waals surface area contributed by atoms with Crippen LogP contribution in [0.3, 0.4) is 0 Å². The number of hydrogen-bond donors (Lipinski definition) is 1. The van der Waals surface area contributed by atoms with E-state index in [1.807, 2.05) is 51.2 Å². The molecule has 0 aliphatic rings. The van der Waals surface area contributed by atoms with E-state index in [4.69, 9.17) is 0 Å². The minimum absolute atomic E-state index is 0.0808. The topological polar surface area (TPSA) is 84.1 Å². The standard InChI is InChI=1S/C19H21N7O/c1-5-15-12(2)23-18-16(10-22-26(18)19(15)27)13-9-21-25(11-13)17-8-14(24(3)4)6-7-20-17/h6-11,23H,5H2,1-4H3. The van der Waals surface area contributed by atoms with Gasteiger partial charge >= 0.3 is 0 Å². The van der Waals surface area contributed by atoms with Crippen LogP contribution in [0.2, 0.25) is 0 Å². The van der Waals surface area contributed by atoms with Crippen molar-refractivity contribution in [3.8, 4) is 16.9 Å². The Morgan fingerprint density at radius 2 is 2.04 bits per heavy atom. The summed E-state index contributed by atoms with van der Waals surface area (Å²) in [6.07, 6.45) is 7.76.